The van der Waals surface area contributed by atoms with Gasteiger partial charge in [0, 0.05) is 27.2 Å². The number of rotatable bonds is 18. The molecule has 32 heavy (non-hydrogen) atoms. The minimum atomic E-state index is -0.335. The van der Waals surface area contributed by atoms with E-state index >= 15 is 0 Å². The Balaban J connectivity index is 1.47. The van der Waals surface area contributed by atoms with Crippen molar-refractivity contribution >= 4 is 11.2 Å². The van der Waals surface area contributed by atoms with Gasteiger partial charge in [0.15, 0.2) is 11.2 Å². The molecule has 2 heterocycles. The van der Waals surface area contributed by atoms with E-state index in [1.54, 1.807) is 13.4 Å². The van der Waals surface area contributed by atoms with Crippen molar-refractivity contribution in [2.75, 3.05) is 6.61 Å². The Bertz CT molecular complexity index is 897. The van der Waals surface area contributed by atoms with Gasteiger partial charge in [-0.15, -0.1) is 0 Å². The van der Waals surface area contributed by atoms with Crippen LogP contribution in [0.3, 0.4) is 0 Å². The van der Waals surface area contributed by atoms with Crippen molar-refractivity contribution in [3.05, 3.63) is 27.2 Å². The molecule has 2 aromatic rings. The standard InChI is InChI=1S/C25H44N4O3/c1-27-23-22(24(31)28(2)25(27)32)29(21-26-23)19-17-15-13-11-9-7-5-3-4-6-8-10-12-14-16-18-20-30/h21,30H,3-20H2,1-2H3. The molecule has 0 bridgehead atoms. The van der Waals surface area contributed by atoms with E-state index in [0.717, 1.165) is 30.4 Å². The fourth-order valence-electron chi connectivity index (χ4n) is 4.44. The van der Waals surface area contributed by atoms with Crippen molar-refractivity contribution in [2.45, 2.75) is 109 Å². The summed E-state index contributed by atoms with van der Waals surface area (Å²) < 4.78 is 4.49. The summed E-state index contributed by atoms with van der Waals surface area (Å²) in [7, 11) is 3.17. The van der Waals surface area contributed by atoms with Crippen LogP contribution in [0.25, 0.3) is 11.2 Å². The average molecular weight is 449 g/mol. The van der Waals surface area contributed by atoms with Gasteiger partial charge in [-0.25, -0.2) is 9.78 Å². The lowest BCUT2D eigenvalue weighted by Gasteiger charge is -2.07. The fraction of sp³-hybridized carbons (Fsp3) is 0.800. The van der Waals surface area contributed by atoms with Gasteiger partial charge in [-0.05, 0) is 12.8 Å². The maximum absolute atomic E-state index is 12.4. The van der Waals surface area contributed by atoms with E-state index in [4.69, 9.17) is 5.11 Å². The summed E-state index contributed by atoms with van der Waals surface area (Å²) >= 11 is 0. The molecular weight excluding hydrogens is 404 g/mol. The molecule has 0 saturated carbocycles. The summed E-state index contributed by atoms with van der Waals surface area (Å²) in [5.41, 5.74) is 0.393. The SMILES string of the molecule is Cn1c(=O)c2c(ncn2CCCCCCCCCCCCCCCCCCO)n(C)c1=O. The van der Waals surface area contributed by atoms with E-state index in [1.165, 1.54) is 95.1 Å². The van der Waals surface area contributed by atoms with Crippen LogP contribution >= 0.6 is 0 Å². The number of hydrogen-bond donors (Lipinski definition) is 1. The molecule has 0 aliphatic carbocycles. The summed E-state index contributed by atoms with van der Waals surface area (Å²) in [5, 5.41) is 8.76. The second-order valence-electron chi connectivity index (χ2n) is 9.20. The van der Waals surface area contributed by atoms with E-state index in [1.807, 2.05) is 4.57 Å². The number of imidazole rings is 1. The van der Waals surface area contributed by atoms with Crippen molar-refractivity contribution in [3.63, 3.8) is 0 Å². The monoisotopic (exact) mass is 448 g/mol. The zero-order chi connectivity index (χ0) is 23.2. The number of aliphatic hydroxyl groups excluding tert-OH is 1. The van der Waals surface area contributed by atoms with Crippen LogP contribution < -0.4 is 11.2 Å². The van der Waals surface area contributed by atoms with Crippen LogP contribution in [-0.4, -0.2) is 30.4 Å². The first-order valence-electron chi connectivity index (χ1n) is 12.8. The maximum Gasteiger partial charge on any atom is 0.332 e. The summed E-state index contributed by atoms with van der Waals surface area (Å²) in [6, 6.07) is 0. The average Bonchev–Trinajstić information content (AvgIpc) is 3.22. The molecule has 0 fully saturated rings. The van der Waals surface area contributed by atoms with Crippen LogP contribution in [0.1, 0.15) is 103 Å². The lowest BCUT2D eigenvalue weighted by atomic mass is 10.0. The molecule has 1 N–H and O–H groups in total. The van der Waals surface area contributed by atoms with Gasteiger partial charge in [-0.3, -0.25) is 13.9 Å². The topological polar surface area (TPSA) is 82.0 Å². The van der Waals surface area contributed by atoms with Crippen LogP contribution in [0.5, 0.6) is 0 Å². The molecule has 0 aliphatic heterocycles. The van der Waals surface area contributed by atoms with Crippen molar-refractivity contribution < 1.29 is 5.11 Å². The molecule has 0 radical (unpaired) electrons. The van der Waals surface area contributed by atoms with Crippen molar-refractivity contribution in [1.82, 2.24) is 18.7 Å². The van der Waals surface area contributed by atoms with Gasteiger partial charge >= 0.3 is 5.69 Å². The normalized spacial score (nSPS) is 11.6. The molecule has 7 heteroatoms. The van der Waals surface area contributed by atoms with Gasteiger partial charge in [0.1, 0.15) is 0 Å². The maximum atomic E-state index is 12.4. The molecular formula is C25H44N4O3. The summed E-state index contributed by atoms with van der Waals surface area (Å²) in [6.07, 6.45) is 22.0. The quantitative estimate of drug-likeness (QED) is 0.336. The molecule has 2 aromatic heterocycles. The molecule has 0 amide bonds. The van der Waals surface area contributed by atoms with E-state index in [2.05, 4.69) is 4.98 Å². The number of aromatic nitrogens is 4. The Morgan fingerprint density at radius 1 is 0.688 bits per heavy atom. The predicted octanol–water partition coefficient (Wildman–Crippen LogP) is 4.67. The number of hydrogen-bond acceptors (Lipinski definition) is 4. The third-order valence-corrected chi connectivity index (χ3v) is 6.52. The van der Waals surface area contributed by atoms with Gasteiger partial charge < -0.3 is 9.67 Å². The number of fused-ring (bicyclic) bond motifs is 1. The Hall–Kier alpha value is -1.89. The van der Waals surface area contributed by atoms with Gasteiger partial charge in [-0.1, -0.05) is 89.9 Å². The molecule has 0 aromatic carbocycles. The van der Waals surface area contributed by atoms with Crippen LogP contribution in [0.2, 0.25) is 0 Å². The lowest BCUT2D eigenvalue weighted by Crippen LogP contribution is -2.37. The van der Waals surface area contributed by atoms with Crippen molar-refractivity contribution in [2.24, 2.45) is 14.1 Å². The third-order valence-electron chi connectivity index (χ3n) is 6.52. The zero-order valence-corrected chi connectivity index (χ0v) is 20.4. The number of aliphatic hydroxyl groups is 1. The first-order valence-corrected chi connectivity index (χ1v) is 12.8. The molecule has 182 valence electrons. The molecule has 0 saturated heterocycles. The van der Waals surface area contributed by atoms with E-state index in [-0.39, 0.29) is 11.2 Å². The highest BCUT2D eigenvalue weighted by atomic mass is 16.3. The zero-order valence-electron chi connectivity index (χ0n) is 20.4. The van der Waals surface area contributed by atoms with Gasteiger partial charge in [0.05, 0.1) is 6.33 Å². The second-order valence-corrected chi connectivity index (χ2v) is 9.20. The largest absolute Gasteiger partial charge is 0.396 e. The smallest absolute Gasteiger partial charge is 0.332 e. The minimum Gasteiger partial charge on any atom is -0.396 e. The molecule has 0 atom stereocenters. The van der Waals surface area contributed by atoms with Crippen LogP contribution in [0.15, 0.2) is 15.9 Å². The Kier molecular flexibility index (Phi) is 12.4. The summed E-state index contributed by atoms with van der Waals surface area (Å²) in [5.74, 6) is 0. The first kappa shape index (κ1) is 26.4. The molecule has 0 spiro atoms. The summed E-state index contributed by atoms with van der Waals surface area (Å²) in [6.45, 7) is 1.11. The van der Waals surface area contributed by atoms with Crippen molar-refractivity contribution in [3.8, 4) is 0 Å². The number of nitrogens with zero attached hydrogens (tertiary/aromatic N) is 4. The van der Waals surface area contributed by atoms with Gasteiger partial charge in [-0.2, -0.15) is 0 Å². The summed E-state index contributed by atoms with van der Waals surface area (Å²) in [4.78, 5) is 28.7. The molecule has 2 rings (SSSR count). The van der Waals surface area contributed by atoms with E-state index in [0.29, 0.717) is 17.8 Å². The molecule has 0 aliphatic rings. The second kappa shape index (κ2) is 15.0. The fourth-order valence-corrected chi connectivity index (χ4v) is 4.44. The van der Waals surface area contributed by atoms with E-state index in [9.17, 15) is 9.59 Å². The lowest BCUT2D eigenvalue weighted by molar-refractivity contribution is 0.282. The van der Waals surface area contributed by atoms with Crippen LogP contribution in [0, 0.1) is 0 Å². The highest BCUT2D eigenvalue weighted by molar-refractivity contribution is 5.69. The molecule has 0 unspecified atom stereocenters. The predicted molar refractivity (Wildman–Crippen MR) is 131 cm³/mol. The van der Waals surface area contributed by atoms with Crippen LogP contribution in [0.4, 0.5) is 0 Å². The Labute approximate surface area is 192 Å². The number of unbranched alkanes of at least 4 members (excludes halogenated alkanes) is 15. The Morgan fingerprint density at radius 2 is 1.12 bits per heavy atom. The molecule has 7 nitrogen and oxygen atoms in total. The highest BCUT2D eigenvalue weighted by Crippen LogP contribution is 2.14. The van der Waals surface area contributed by atoms with E-state index < -0.39 is 0 Å². The first-order chi connectivity index (χ1) is 15.6. The van der Waals surface area contributed by atoms with Gasteiger partial charge in [0.2, 0.25) is 0 Å². The number of aryl methyl sites for hydroxylation is 2. The highest BCUT2D eigenvalue weighted by Gasteiger charge is 2.13. The Morgan fingerprint density at radius 3 is 1.59 bits per heavy atom. The van der Waals surface area contributed by atoms with Crippen molar-refractivity contribution in [1.29, 1.82) is 0 Å². The minimum absolute atomic E-state index is 0.265. The third kappa shape index (κ3) is 8.23. The van der Waals surface area contributed by atoms with Gasteiger partial charge in [0.25, 0.3) is 5.56 Å². The van der Waals surface area contributed by atoms with Crippen LogP contribution in [-0.2, 0) is 20.6 Å².